The van der Waals surface area contributed by atoms with E-state index >= 15 is 0 Å². The molecule has 0 atom stereocenters. The van der Waals surface area contributed by atoms with Crippen LogP contribution in [0.5, 0.6) is 0 Å². The lowest BCUT2D eigenvalue weighted by Crippen LogP contribution is -2.19. The number of methoxy groups -OCH3 is 1. The van der Waals surface area contributed by atoms with Crippen LogP contribution in [0.2, 0.25) is 0 Å². The van der Waals surface area contributed by atoms with Gasteiger partial charge in [0.1, 0.15) is 0 Å². The molecule has 0 spiro atoms. The Bertz CT molecular complexity index is 711. The van der Waals surface area contributed by atoms with E-state index in [1.807, 2.05) is 31.2 Å². The molecular weight excluding hydrogens is 316 g/mol. The van der Waals surface area contributed by atoms with Crippen LogP contribution in [0.15, 0.2) is 34.2 Å². The van der Waals surface area contributed by atoms with Crippen LogP contribution in [0, 0.1) is 6.92 Å². The largest absolute Gasteiger partial charge is 0.385 e. The molecule has 8 heteroatoms. The Kier molecular flexibility index (Phi) is 6.42. The third-order valence-corrected chi connectivity index (χ3v) is 4.18. The number of amides is 1. The van der Waals surface area contributed by atoms with Crippen molar-refractivity contribution in [1.29, 1.82) is 0 Å². The summed E-state index contributed by atoms with van der Waals surface area (Å²) >= 11 is 1.23. The topological polar surface area (TPSA) is 89.0 Å². The summed E-state index contributed by atoms with van der Waals surface area (Å²) in [5, 5.41) is 9.73. The predicted molar refractivity (Wildman–Crippen MR) is 89.9 cm³/mol. The predicted octanol–water partition coefficient (Wildman–Crippen LogP) is 1.65. The number of hydrogen-bond acceptors (Lipinski definition) is 5. The molecule has 0 aliphatic heterocycles. The van der Waals surface area contributed by atoms with E-state index in [0.717, 1.165) is 11.3 Å². The molecule has 23 heavy (non-hydrogen) atoms. The molecule has 2 N–H and O–H groups in total. The number of aromatic nitrogens is 3. The number of H-pyrrole nitrogens is 1. The maximum Gasteiger partial charge on any atom is 0.343 e. The lowest BCUT2D eigenvalue weighted by Gasteiger charge is -2.08. The number of benzene rings is 1. The Morgan fingerprint density at radius 1 is 1.43 bits per heavy atom. The van der Waals surface area contributed by atoms with Crippen molar-refractivity contribution in [2.75, 3.05) is 24.8 Å². The minimum atomic E-state index is -0.275. The molecule has 1 amide bonds. The molecule has 0 radical (unpaired) electrons. The molecular formula is C15H20N4O3S. The summed E-state index contributed by atoms with van der Waals surface area (Å²) in [6.07, 6.45) is 0.707. The van der Waals surface area contributed by atoms with Crippen LogP contribution >= 0.6 is 11.8 Å². The van der Waals surface area contributed by atoms with Gasteiger partial charge in [-0.3, -0.25) is 9.36 Å². The molecule has 1 aromatic heterocycles. The minimum absolute atomic E-state index is 0.136. The summed E-state index contributed by atoms with van der Waals surface area (Å²) in [5.74, 6) is 0.0475. The Morgan fingerprint density at radius 3 is 2.96 bits per heavy atom. The number of thioether (sulfide) groups is 1. The first kappa shape index (κ1) is 17.3. The van der Waals surface area contributed by atoms with Crippen molar-refractivity contribution >= 4 is 23.4 Å². The number of para-hydroxylation sites is 1. The maximum absolute atomic E-state index is 12.0. The minimum Gasteiger partial charge on any atom is -0.385 e. The van der Waals surface area contributed by atoms with Crippen molar-refractivity contribution in [1.82, 2.24) is 14.8 Å². The first-order valence-corrected chi connectivity index (χ1v) is 8.23. The lowest BCUT2D eigenvalue weighted by atomic mass is 10.2. The van der Waals surface area contributed by atoms with Crippen molar-refractivity contribution in [3.63, 3.8) is 0 Å². The van der Waals surface area contributed by atoms with Crippen LogP contribution in [-0.2, 0) is 16.1 Å². The maximum atomic E-state index is 12.0. The Hall–Kier alpha value is -2.06. The van der Waals surface area contributed by atoms with E-state index in [0.29, 0.717) is 24.7 Å². The molecule has 1 heterocycles. The van der Waals surface area contributed by atoms with Gasteiger partial charge in [0.25, 0.3) is 0 Å². The average molecular weight is 336 g/mol. The zero-order chi connectivity index (χ0) is 16.7. The van der Waals surface area contributed by atoms with E-state index in [9.17, 15) is 9.59 Å². The van der Waals surface area contributed by atoms with Crippen molar-refractivity contribution in [3.05, 3.63) is 40.3 Å². The molecule has 0 bridgehead atoms. The van der Waals surface area contributed by atoms with Crippen LogP contribution in [0.3, 0.4) is 0 Å². The normalized spacial score (nSPS) is 10.7. The fraction of sp³-hybridized carbons (Fsp3) is 0.400. The van der Waals surface area contributed by atoms with Gasteiger partial charge < -0.3 is 10.1 Å². The molecule has 1 aromatic carbocycles. The molecule has 0 unspecified atom stereocenters. The van der Waals surface area contributed by atoms with Gasteiger partial charge in [0.15, 0.2) is 5.16 Å². The van der Waals surface area contributed by atoms with Gasteiger partial charge in [0, 0.05) is 25.9 Å². The third-order valence-electron chi connectivity index (χ3n) is 3.20. The van der Waals surface area contributed by atoms with Crippen LogP contribution in [0.4, 0.5) is 5.69 Å². The van der Waals surface area contributed by atoms with Gasteiger partial charge in [-0.15, -0.1) is 5.10 Å². The van der Waals surface area contributed by atoms with E-state index in [1.165, 1.54) is 16.3 Å². The Labute approximate surface area is 138 Å². The number of aryl methyl sites for hydroxylation is 1. The van der Waals surface area contributed by atoms with Crippen molar-refractivity contribution in [2.45, 2.75) is 25.0 Å². The SMILES string of the molecule is COCCCn1c(SCC(=O)Nc2ccccc2C)n[nH]c1=O. The van der Waals surface area contributed by atoms with Gasteiger partial charge in [-0.25, -0.2) is 9.89 Å². The summed E-state index contributed by atoms with van der Waals surface area (Å²) in [7, 11) is 1.61. The third kappa shape index (κ3) is 4.97. The number of nitrogens with zero attached hydrogens (tertiary/aromatic N) is 2. The van der Waals surface area contributed by atoms with Crippen molar-refractivity contribution in [3.8, 4) is 0 Å². The molecule has 0 fully saturated rings. The first-order chi connectivity index (χ1) is 11.1. The number of anilines is 1. The fourth-order valence-corrected chi connectivity index (χ4v) is 2.78. The second-order valence-electron chi connectivity index (χ2n) is 4.96. The number of nitrogens with one attached hydrogen (secondary N) is 2. The highest BCUT2D eigenvalue weighted by Crippen LogP contribution is 2.16. The molecule has 7 nitrogen and oxygen atoms in total. The Balaban J connectivity index is 1.92. The summed E-state index contributed by atoms with van der Waals surface area (Å²) in [6, 6.07) is 7.58. The van der Waals surface area contributed by atoms with Crippen LogP contribution in [0.25, 0.3) is 0 Å². The molecule has 2 aromatic rings. The number of aromatic amines is 1. The van der Waals surface area contributed by atoms with E-state index in [2.05, 4.69) is 15.5 Å². The monoisotopic (exact) mass is 336 g/mol. The highest BCUT2D eigenvalue weighted by atomic mass is 32.2. The highest BCUT2D eigenvalue weighted by molar-refractivity contribution is 7.99. The molecule has 0 saturated heterocycles. The van der Waals surface area contributed by atoms with Crippen LogP contribution in [0.1, 0.15) is 12.0 Å². The van der Waals surface area contributed by atoms with Crippen molar-refractivity contribution < 1.29 is 9.53 Å². The summed E-state index contributed by atoms with van der Waals surface area (Å²) < 4.78 is 6.50. The van der Waals surface area contributed by atoms with Gasteiger partial charge in [-0.1, -0.05) is 30.0 Å². The summed E-state index contributed by atoms with van der Waals surface area (Å²) in [6.45, 7) is 3.00. The van der Waals surface area contributed by atoms with Crippen LogP contribution in [-0.4, -0.2) is 40.1 Å². The zero-order valence-corrected chi connectivity index (χ0v) is 14.0. The number of carbonyl (C=O) groups excluding carboxylic acids is 1. The van der Waals surface area contributed by atoms with E-state index in [4.69, 9.17) is 4.74 Å². The second kappa shape index (κ2) is 8.54. The van der Waals surface area contributed by atoms with Gasteiger partial charge in [-0.2, -0.15) is 0 Å². The standard InChI is InChI=1S/C15H20N4O3S/c1-11-6-3-4-7-12(11)16-13(20)10-23-15-18-17-14(21)19(15)8-5-9-22-2/h3-4,6-7H,5,8-10H2,1-2H3,(H,16,20)(H,17,21). The number of ether oxygens (including phenoxy) is 1. The first-order valence-electron chi connectivity index (χ1n) is 7.24. The second-order valence-corrected chi connectivity index (χ2v) is 5.90. The van der Waals surface area contributed by atoms with Gasteiger partial charge in [0.2, 0.25) is 5.91 Å². The smallest absolute Gasteiger partial charge is 0.343 e. The van der Waals surface area contributed by atoms with E-state index in [1.54, 1.807) is 7.11 Å². The summed E-state index contributed by atoms with van der Waals surface area (Å²) in [4.78, 5) is 23.7. The van der Waals surface area contributed by atoms with E-state index in [-0.39, 0.29) is 17.3 Å². The average Bonchev–Trinajstić information content (AvgIpc) is 2.88. The van der Waals surface area contributed by atoms with Gasteiger partial charge in [0.05, 0.1) is 5.75 Å². The number of rotatable bonds is 8. The molecule has 0 saturated carbocycles. The number of carbonyl (C=O) groups is 1. The number of hydrogen-bond donors (Lipinski definition) is 2. The Morgan fingerprint density at radius 2 is 2.22 bits per heavy atom. The molecule has 0 aliphatic rings. The van der Waals surface area contributed by atoms with Gasteiger partial charge in [-0.05, 0) is 25.0 Å². The van der Waals surface area contributed by atoms with Gasteiger partial charge >= 0.3 is 5.69 Å². The fourth-order valence-electron chi connectivity index (χ4n) is 2.01. The van der Waals surface area contributed by atoms with Crippen molar-refractivity contribution in [2.24, 2.45) is 0 Å². The molecule has 124 valence electrons. The summed E-state index contributed by atoms with van der Waals surface area (Å²) in [5.41, 5.74) is 1.52. The van der Waals surface area contributed by atoms with Crippen LogP contribution < -0.4 is 11.0 Å². The molecule has 0 aliphatic carbocycles. The molecule has 2 rings (SSSR count). The lowest BCUT2D eigenvalue weighted by molar-refractivity contribution is -0.113. The highest BCUT2D eigenvalue weighted by Gasteiger charge is 2.11. The quantitative estimate of drug-likeness (QED) is 0.565. The van der Waals surface area contributed by atoms with E-state index < -0.39 is 0 Å². The zero-order valence-electron chi connectivity index (χ0n) is 13.2.